The average Bonchev–Trinajstić information content (AvgIpc) is 3.15. The lowest BCUT2D eigenvalue weighted by Crippen LogP contribution is -2.43. The predicted molar refractivity (Wildman–Crippen MR) is 123 cm³/mol. The van der Waals surface area contributed by atoms with Gasteiger partial charge in [-0.3, -0.25) is 9.69 Å². The van der Waals surface area contributed by atoms with Gasteiger partial charge in [-0.2, -0.15) is 0 Å². The van der Waals surface area contributed by atoms with Crippen LogP contribution < -0.4 is 10.5 Å². The minimum Gasteiger partial charge on any atom is -0.506 e. The molecule has 0 atom stereocenters. The maximum absolute atomic E-state index is 13.5. The van der Waals surface area contributed by atoms with E-state index in [9.17, 15) is 14.7 Å². The van der Waals surface area contributed by atoms with Crippen molar-refractivity contribution in [2.75, 3.05) is 18.0 Å². The number of nitrogens with zero attached hydrogens (tertiary/aromatic N) is 2. The van der Waals surface area contributed by atoms with Crippen LogP contribution in [0.2, 0.25) is 0 Å². The molecule has 0 aliphatic rings. The molecule has 6 nitrogen and oxygen atoms in total. The van der Waals surface area contributed by atoms with Crippen molar-refractivity contribution in [2.24, 2.45) is 0 Å². The largest absolute Gasteiger partial charge is 0.506 e. The van der Waals surface area contributed by atoms with Gasteiger partial charge < -0.3 is 15.0 Å². The van der Waals surface area contributed by atoms with Crippen LogP contribution in [0.15, 0.2) is 58.7 Å². The number of urea groups is 1. The van der Waals surface area contributed by atoms with Crippen molar-refractivity contribution in [2.45, 2.75) is 20.4 Å². The van der Waals surface area contributed by atoms with E-state index in [-0.39, 0.29) is 17.3 Å². The SMILES string of the molecule is CCN(CC)C(=O)N(Cc1ccccc1)c1cccc2[nH]c(=O)c3scc(O)c3c12. The molecule has 0 saturated heterocycles. The minimum atomic E-state index is -0.246. The molecule has 4 aromatic rings. The molecule has 0 bridgehead atoms. The molecule has 2 aromatic heterocycles. The molecule has 154 valence electrons. The number of aromatic amines is 1. The van der Waals surface area contributed by atoms with Crippen LogP contribution >= 0.6 is 11.3 Å². The number of H-pyrrole nitrogens is 1. The molecular weight excluding hydrogens is 398 g/mol. The first-order valence-electron chi connectivity index (χ1n) is 9.90. The molecule has 0 fully saturated rings. The molecule has 2 amide bonds. The fraction of sp³-hybridized carbons (Fsp3) is 0.217. The third-order valence-electron chi connectivity index (χ3n) is 5.26. The summed E-state index contributed by atoms with van der Waals surface area (Å²) < 4.78 is 0.447. The van der Waals surface area contributed by atoms with E-state index in [0.717, 1.165) is 5.56 Å². The summed E-state index contributed by atoms with van der Waals surface area (Å²) in [7, 11) is 0. The van der Waals surface area contributed by atoms with Crippen molar-refractivity contribution >= 4 is 44.0 Å². The van der Waals surface area contributed by atoms with Crippen LogP contribution in [-0.4, -0.2) is 34.1 Å². The smallest absolute Gasteiger partial charge is 0.324 e. The number of aromatic hydroxyl groups is 1. The second-order valence-corrected chi connectivity index (χ2v) is 7.89. The molecular formula is C23H23N3O3S. The number of anilines is 1. The summed E-state index contributed by atoms with van der Waals surface area (Å²) in [5.41, 5.74) is 1.99. The molecule has 7 heteroatoms. The Bertz CT molecular complexity index is 1260. The van der Waals surface area contributed by atoms with Gasteiger partial charge in [0.1, 0.15) is 10.4 Å². The van der Waals surface area contributed by atoms with E-state index in [2.05, 4.69) is 4.98 Å². The van der Waals surface area contributed by atoms with E-state index >= 15 is 0 Å². The zero-order chi connectivity index (χ0) is 21.3. The minimum absolute atomic E-state index is 0.0495. The van der Waals surface area contributed by atoms with Crippen LogP contribution in [0.25, 0.3) is 21.0 Å². The predicted octanol–water partition coefficient (Wildman–Crippen LogP) is 4.92. The lowest BCUT2D eigenvalue weighted by Gasteiger charge is -2.30. The quantitative estimate of drug-likeness (QED) is 0.480. The van der Waals surface area contributed by atoms with Crippen LogP contribution in [0.4, 0.5) is 10.5 Å². The first kappa shape index (κ1) is 20.0. The van der Waals surface area contributed by atoms with Crippen molar-refractivity contribution in [3.8, 4) is 5.75 Å². The Morgan fingerprint density at radius 2 is 1.77 bits per heavy atom. The number of nitrogens with one attached hydrogen (secondary N) is 1. The van der Waals surface area contributed by atoms with Crippen LogP contribution in [0.3, 0.4) is 0 Å². The number of fused-ring (bicyclic) bond motifs is 3. The van der Waals surface area contributed by atoms with Crippen LogP contribution in [-0.2, 0) is 6.54 Å². The highest BCUT2D eigenvalue weighted by atomic mass is 32.1. The number of rotatable bonds is 5. The second-order valence-electron chi connectivity index (χ2n) is 7.01. The highest BCUT2D eigenvalue weighted by Gasteiger charge is 2.25. The van der Waals surface area contributed by atoms with Gasteiger partial charge in [0.15, 0.2) is 0 Å². The van der Waals surface area contributed by atoms with E-state index in [4.69, 9.17) is 0 Å². The van der Waals surface area contributed by atoms with E-state index in [1.165, 1.54) is 11.3 Å². The van der Waals surface area contributed by atoms with Gasteiger partial charge in [-0.15, -0.1) is 11.3 Å². The molecule has 0 unspecified atom stereocenters. The third kappa shape index (κ3) is 3.41. The summed E-state index contributed by atoms with van der Waals surface area (Å²) in [6.45, 7) is 5.45. The standard InChI is InChI=1S/C23H23N3O3S/c1-3-25(4-2)23(29)26(13-15-9-6-5-7-10-15)17-12-8-11-16-19(17)20-18(27)14-30-21(20)22(28)24-16/h5-12,14,27H,3-4,13H2,1-2H3,(H,24,28). The second kappa shape index (κ2) is 8.20. The van der Waals surface area contributed by atoms with Crippen LogP contribution in [0, 0.1) is 0 Å². The van der Waals surface area contributed by atoms with E-state index < -0.39 is 0 Å². The number of carbonyl (C=O) groups is 1. The number of amides is 2. The molecule has 2 heterocycles. The van der Waals surface area contributed by atoms with Crippen molar-refractivity contribution in [1.82, 2.24) is 9.88 Å². The topological polar surface area (TPSA) is 76.6 Å². The van der Waals surface area contributed by atoms with Gasteiger partial charge in [0.2, 0.25) is 0 Å². The Morgan fingerprint density at radius 3 is 2.47 bits per heavy atom. The number of pyridine rings is 1. The molecule has 0 spiro atoms. The van der Waals surface area contributed by atoms with Crippen molar-refractivity contribution in [3.63, 3.8) is 0 Å². The van der Waals surface area contributed by atoms with Crippen molar-refractivity contribution in [3.05, 3.63) is 69.8 Å². The fourth-order valence-corrected chi connectivity index (χ4v) is 4.59. The Kier molecular flexibility index (Phi) is 5.46. The lowest BCUT2D eigenvalue weighted by molar-refractivity contribution is 0.209. The summed E-state index contributed by atoms with van der Waals surface area (Å²) in [4.78, 5) is 32.3. The number of hydrogen-bond acceptors (Lipinski definition) is 4. The summed E-state index contributed by atoms with van der Waals surface area (Å²) in [6, 6.07) is 15.1. The van der Waals surface area contributed by atoms with Crippen molar-refractivity contribution in [1.29, 1.82) is 0 Å². The monoisotopic (exact) mass is 421 g/mol. The fourth-order valence-electron chi connectivity index (χ4n) is 3.76. The number of aromatic nitrogens is 1. The first-order valence-corrected chi connectivity index (χ1v) is 10.8. The van der Waals surface area contributed by atoms with Gasteiger partial charge in [0, 0.05) is 23.9 Å². The average molecular weight is 422 g/mol. The molecule has 4 rings (SSSR count). The van der Waals surface area contributed by atoms with Gasteiger partial charge in [-0.25, -0.2) is 4.79 Å². The molecule has 0 aliphatic heterocycles. The van der Waals surface area contributed by atoms with Crippen molar-refractivity contribution < 1.29 is 9.90 Å². The number of hydrogen-bond donors (Lipinski definition) is 2. The van der Waals surface area contributed by atoms with Crippen LogP contribution in [0.1, 0.15) is 19.4 Å². The molecule has 0 aliphatic carbocycles. The Morgan fingerprint density at radius 1 is 1.03 bits per heavy atom. The lowest BCUT2D eigenvalue weighted by atomic mass is 10.1. The first-order chi connectivity index (χ1) is 14.5. The van der Waals surface area contributed by atoms with E-state index in [1.54, 1.807) is 21.2 Å². The Hall–Kier alpha value is -3.32. The number of benzene rings is 2. The maximum atomic E-state index is 13.5. The van der Waals surface area contributed by atoms with E-state index in [1.807, 2.05) is 56.3 Å². The summed E-state index contributed by atoms with van der Waals surface area (Å²) >= 11 is 1.20. The Balaban J connectivity index is 1.98. The van der Waals surface area contributed by atoms with Gasteiger partial charge in [-0.05, 0) is 31.5 Å². The number of carbonyl (C=O) groups excluding carboxylic acids is 1. The van der Waals surface area contributed by atoms with Gasteiger partial charge in [0.25, 0.3) is 5.56 Å². The molecule has 2 aromatic carbocycles. The molecule has 30 heavy (non-hydrogen) atoms. The zero-order valence-electron chi connectivity index (χ0n) is 16.9. The normalized spacial score (nSPS) is 11.1. The highest BCUT2D eigenvalue weighted by Crippen LogP contribution is 2.39. The maximum Gasteiger partial charge on any atom is 0.324 e. The van der Waals surface area contributed by atoms with Crippen LogP contribution in [0.5, 0.6) is 5.75 Å². The Labute approximate surface area is 178 Å². The zero-order valence-corrected chi connectivity index (χ0v) is 17.7. The highest BCUT2D eigenvalue weighted by molar-refractivity contribution is 7.17. The molecule has 0 radical (unpaired) electrons. The molecule has 2 N–H and O–H groups in total. The third-order valence-corrected chi connectivity index (χ3v) is 6.22. The van der Waals surface area contributed by atoms with Gasteiger partial charge in [-0.1, -0.05) is 36.4 Å². The summed E-state index contributed by atoms with van der Waals surface area (Å²) in [5, 5.41) is 13.2. The number of thiophene rings is 1. The van der Waals surface area contributed by atoms with Gasteiger partial charge in [0.05, 0.1) is 23.1 Å². The van der Waals surface area contributed by atoms with Gasteiger partial charge >= 0.3 is 6.03 Å². The van der Waals surface area contributed by atoms with E-state index in [0.29, 0.717) is 46.3 Å². The summed E-state index contributed by atoms with van der Waals surface area (Å²) in [6.07, 6.45) is 0. The molecule has 0 saturated carbocycles. The summed E-state index contributed by atoms with van der Waals surface area (Å²) in [5.74, 6) is 0.0495.